The van der Waals surface area contributed by atoms with Gasteiger partial charge in [0.05, 0.1) is 0 Å². The van der Waals surface area contributed by atoms with Crippen molar-refractivity contribution in [3.05, 3.63) is 35.1 Å². The van der Waals surface area contributed by atoms with E-state index in [-0.39, 0.29) is 11.9 Å². The summed E-state index contributed by atoms with van der Waals surface area (Å²) in [6, 6.07) is 6.13. The molecule has 98 valence electrons. The lowest BCUT2D eigenvalue weighted by Crippen LogP contribution is -2.48. The Labute approximate surface area is 108 Å². The molecule has 2 nitrogen and oxygen atoms in total. The Morgan fingerprint density at radius 1 is 1.33 bits per heavy atom. The lowest BCUT2D eigenvalue weighted by atomic mass is 9.92. The van der Waals surface area contributed by atoms with Gasteiger partial charge >= 0.3 is 0 Å². The lowest BCUT2D eigenvalue weighted by molar-refractivity contribution is 0.120. The van der Waals surface area contributed by atoms with Crippen LogP contribution in [0, 0.1) is 11.7 Å². The highest BCUT2D eigenvalue weighted by molar-refractivity contribution is 5.35. The van der Waals surface area contributed by atoms with Gasteiger partial charge < -0.3 is 5.73 Å². The highest BCUT2D eigenvalue weighted by Gasteiger charge is 2.33. The molecule has 3 unspecified atom stereocenters. The molecule has 2 aliphatic rings. The van der Waals surface area contributed by atoms with Gasteiger partial charge in [0.25, 0.3) is 0 Å². The number of rotatable bonds is 1. The van der Waals surface area contributed by atoms with Crippen LogP contribution in [-0.4, -0.2) is 24.0 Å². The van der Waals surface area contributed by atoms with Gasteiger partial charge in [-0.25, -0.2) is 4.39 Å². The fourth-order valence-corrected chi connectivity index (χ4v) is 3.38. The Bertz CT molecular complexity index is 446. The van der Waals surface area contributed by atoms with Gasteiger partial charge in [-0.3, -0.25) is 4.90 Å². The molecule has 2 N–H and O–H groups in total. The van der Waals surface area contributed by atoms with E-state index in [9.17, 15) is 4.39 Å². The second-order valence-electron chi connectivity index (χ2n) is 5.79. The Morgan fingerprint density at radius 3 is 2.94 bits per heavy atom. The molecule has 0 bridgehead atoms. The number of halogens is 1. The van der Waals surface area contributed by atoms with Gasteiger partial charge in [-0.05, 0) is 48.9 Å². The third-order valence-electron chi connectivity index (χ3n) is 4.67. The standard InChI is InChI=1S/C15H21FN2/c1-10-7-8-18(9-14(10)17)15-6-5-11-12(15)3-2-4-13(11)16/h2-4,10,14-15H,5-9,17H2,1H3. The average molecular weight is 248 g/mol. The summed E-state index contributed by atoms with van der Waals surface area (Å²) in [6.07, 6.45) is 3.06. The Kier molecular flexibility index (Phi) is 3.12. The first-order chi connectivity index (χ1) is 8.66. The normalized spacial score (nSPS) is 32.5. The van der Waals surface area contributed by atoms with Crippen molar-refractivity contribution in [2.75, 3.05) is 13.1 Å². The summed E-state index contributed by atoms with van der Waals surface area (Å²) in [4.78, 5) is 2.45. The lowest BCUT2D eigenvalue weighted by Gasteiger charge is -2.39. The minimum Gasteiger partial charge on any atom is -0.326 e. The van der Waals surface area contributed by atoms with Gasteiger partial charge in [0, 0.05) is 18.6 Å². The van der Waals surface area contributed by atoms with Gasteiger partial charge in [0.1, 0.15) is 5.82 Å². The van der Waals surface area contributed by atoms with Crippen molar-refractivity contribution < 1.29 is 4.39 Å². The maximum Gasteiger partial charge on any atom is 0.126 e. The van der Waals surface area contributed by atoms with Crippen molar-refractivity contribution in [3.8, 4) is 0 Å². The van der Waals surface area contributed by atoms with Gasteiger partial charge in [0.15, 0.2) is 0 Å². The molecule has 1 aromatic rings. The molecule has 3 heteroatoms. The summed E-state index contributed by atoms with van der Waals surface area (Å²) >= 11 is 0. The van der Waals surface area contributed by atoms with E-state index in [0.29, 0.717) is 12.0 Å². The summed E-state index contributed by atoms with van der Waals surface area (Å²) in [6.45, 7) is 4.27. The number of likely N-dealkylation sites (tertiary alicyclic amines) is 1. The van der Waals surface area contributed by atoms with Gasteiger partial charge in [0.2, 0.25) is 0 Å². The molecular formula is C15H21FN2. The molecule has 1 aliphatic carbocycles. The minimum absolute atomic E-state index is 0.0373. The van der Waals surface area contributed by atoms with Crippen molar-refractivity contribution in [1.29, 1.82) is 0 Å². The molecule has 1 aromatic carbocycles. The van der Waals surface area contributed by atoms with Crippen LogP contribution in [0.3, 0.4) is 0 Å². The highest BCUT2D eigenvalue weighted by atomic mass is 19.1. The van der Waals surface area contributed by atoms with Crippen LogP contribution in [0.15, 0.2) is 18.2 Å². The molecule has 0 saturated carbocycles. The fourth-order valence-electron chi connectivity index (χ4n) is 3.38. The van der Waals surface area contributed by atoms with E-state index in [1.165, 1.54) is 5.56 Å². The van der Waals surface area contributed by atoms with Gasteiger partial charge in [-0.1, -0.05) is 19.1 Å². The maximum absolute atomic E-state index is 13.7. The van der Waals surface area contributed by atoms with E-state index in [4.69, 9.17) is 5.73 Å². The number of hydrogen-bond acceptors (Lipinski definition) is 2. The van der Waals surface area contributed by atoms with Gasteiger partial charge in [-0.15, -0.1) is 0 Å². The zero-order valence-corrected chi connectivity index (χ0v) is 10.9. The zero-order valence-electron chi connectivity index (χ0n) is 10.9. The van der Waals surface area contributed by atoms with Gasteiger partial charge in [-0.2, -0.15) is 0 Å². The number of benzene rings is 1. The first kappa shape index (κ1) is 12.1. The van der Waals surface area contributed by atoms with E-state index in [1.54, 1.807) is 6.07 Å². The van der Waals surface area contributed by atoms with Crippen LogP contribution < -0.4 is 5.73 Å². The number of fused-ring (bicyclic) bond motifs is 1. The highest BCUT2D eigenvalue weighted by Crippen LogP contribution is 2.38. The Hall–Kier alpha value is -0.930. The molecule has 1 fully saturated rings. The van der Waals surface area contributed by atoms with Crippen molar-refractivity contribution in [2.45, 2.75) is 38.3 Å². The molecule has 0 spiro atoms. The van der Waals surface area contributed by atoms with Crippen LogP contribution in [0.1, 0.15) is 36.9 Å². The second-order valence-corrected chi connectivity index (χ2v) is 5.79. The SMILES string of the molecule is CC1CCN(C2CCc3c(F)cccc32)CC1N. The zero-order chi connectivity index (χ0) is 12.7. The predicted molar refractivity (Wildman–Crippen MR) is 70.8 cm³/mol. The van der Waals surface area contributed by atoms with E-state index < -0.39 is 0 Å². The van der Waals surface area contributed by atoms with Crippen molar-refractivity contribution >= 4 is 0 Å². The predicted octanol–water partition coefficient (Wildman–Crippen LogP) is 2.48. The molecule has 3 atom stereocenters. The summed E-state index contributed by atoms with van der Waals surface area (Å²) in [7, 11) is 0. The van der Waals surface area contributed by atoms with Crippen molar-refractivity contribution in [1.82, 2.24) is 4.90 Å². The first-order valence-corrected chi connectivity index (χ1v) is 6.93. The maximum atomic E-state index is 13.7. The summed E-state index contributed by atoms with van der Waals surface area (Å²) in [5.41, 5.74) is 8.29. The minimum atomic E-state index is -0.0373. The molecule has 18 heavy (non-hydrogen) atoms. The quantitative estimate of drug-likeness (QED) is 0.827. The van der Waals surface area contributed by atoms with E-state index >= 15 is 0 Å². The molecule has 0 aromatic heterocycles. The molecule has 1 heterocycles. The summed E-state index contributed by atoms with van der Waals surface area (Å²) in [5.74, 6) is 0.569. The topological polar surface area (TPSA) is 29.3 Å². The molecule has 1 saturated heterocycles. The Balaban J connectivity index is 1.82. The van der Waals surface area contributed by atoms with Crippen LogP contribution in [0.2, 0.25) is 0 Å². The molecule has 1 aliphatic heterocycles. The second kappa shape index (κ2) is 4.63. The van der Waals surface area contributed by atoms with Crippen molar-refractivity contribution in [3.63, 3.8) is 0 Å². The summed E-state index contributed by atoms with van der Waals surface area (Å²) < 4.78 is 13.7. The van der Waals surface area contributed by atoms with Crippen molar-refractivity contribution in [2.24, 2.45) is 11.7 Å². The Morgan fingerprint density at radius 2 is 2.17 bits per heavy atom. The molecular weight excluding hydrogens is 227 g/mol. The molecule has 3 rings (SSSR count). The largest absolute Gasteiger partial charge is 0.326 e. The third-order valence-corrected chi connectivity index (χ3v) is 4.67. The smallest absolute Gasteiger partial charge is 0.126 e. The van der Waals surface area contributed by atoms with Crippen LogP contribution in [0.4, 0.5) is 4.39 Å². The average Bonchev–Trinajstić information content (AvgIpc) is 2.78. The van der Waals surface area contributed by atoms with Crippen LogP contribution in [0.25, 0.3) is 0 Å². The first-order valence-electron chi connectivity index (χ1n) is 6.93. The monoisotopic (exact) mass is 248 g/mol. The number of nitrogens with two attached hydrogens (primary N) is 1. The third kappa shape index (κ3) is 1.95. The van der Waals surface area contributed by atoms with E-state index in [2.05, 4.69) is 17.9 Å². The summed E-state index contributed by atoms with van der Waals surface area (Å²) in [5, 5.41) is 0. The van der Waals surface area contributed by atoms with E-state index in [1.807, 2.05) is 6.07 Å². The number of nitrogens with zero attached hydrogens (tertiary/aromatic N) is 1. The van der Waals surface area contributed by atoms with E-state index in [0.717, 1.165) is 37.9 Å². The molecule has 0 amide bonds. The molecule has 0 radical (unpaired) electrons. The van der Waals surface area contributed by atoms with Crippen LogP contribution >= 0.6 is 0 Å². The number of piperidine rings is 1. The number of hydrogen-bond donors (Lipinski definition) is 1. The van der Waals surface area contributed by atoms with Crippen LogP contribution in [-0.2, 0) is 6.42 Å². The fraction of sp³-hybridized carbons (Fsp3) is 0.600. The van der Waals surface area contributed by atoms with Crippen LogP contribution in [0.5, 0.6) is 0 Å².